The van der Waals surface area contributed by atoms with Crippen molar-refractivity contribution in [2.75, 3.05) is 17.7 Å². The van der Waals surface area contributed by atoms with Gasteiger partial charge in [0.25, 0.3) is 0 Å². The molecule has 0 spiro atoms. The molecule has 1 aromatic carbocycles. The van der Waals surface area contributed by atoms with E-state index in [9.17, 15) is 0 Å². The van der Waals surface area contributed by atoms with Gasteiger partial charge in [0.15, 0.2) is 0 Å². The zero-order valence-electron chi connectivity index (χ0n) is 12.9. The van der Waals surface area contributed by atoms with E-state index in [1.54, 1.807) is 25.4 Å². The number of rotatable bonds is 5. The summed E-state index contributed by atoms with van der Waals surface area (Å²) in [5, 5.41) is 7.30. The molecule has 0 unspecified atom stereocenters. The van der Waals surface area contributed by atoms with Gasteiger partial charge < -0.3 is 15.4 Å². The Bertz CT molecular complexity index is 677. The van der Waals surface area contributed by atoms with E-state index in [-0.39, 0.29) is 6.04 Å². The zero-order valence-corrected chi connectivity index (χ0v) is 14.4. The quantitative estimate of drug-likeness (QED) is 0.828. The van der Waals surface area contributed by atoms with E-state index in [4.69, 9.17) is 27.9 Å². The predicted molar refractivity (Wildman–Crippen MR) is 91.8 cm³/mol. The minimum Gasteiger partial charge on any atom is -0.495 e. The topological polar surface area (TPSA) is 59.1 Å². The van der Waals surface area contributed by atoms with E-state index < -0.39 is 0 Å². The van der Waals surface area contributed by atoms with E-state index in [2.05, 4.69) is 20.6 Å². The Morgan fingerprint density at radius 2 is 1.91 bits per heavy atom. The summed E-state index contributed by atoms with van der Waals surface area (Å²) in [6.07, 6.45) is 1.75. The van der Waals surface area contributed by atoms with Crippen molar-refractivity contribution in [3.63, 3.8) is 0 Å². The Hall–Kier alpha value is -1.72. The summed E-state index contributed by atoms with van der Waals surface area (Å²) in [6, 6.07) is 3.62. The highest BCUT2D eigenvalue weighted by Crippen LogP contribution is 2.35. The molecule has 22 heavy (non-hydrogen) atoms. The number of benzene rings is 1. The van der Waals surface area contributed by atoms with Gasteiger partial charge in [-0.2, -0.15) is 4.98 Å². The van der Waals surface area contributed by atoms with Gasteiger partial charge >= 0.3 is 0 Å². The predicted octanol–water partition coefficient (Wildman–Crippen LogP) is 4.66. The molecule has 7 heteroatoms. The molecule has 0 saturated heterocycles. The lowest BCUT2D eigenvalue weighted by molar-refractivity contribution is 0.415. The monoisotopic (exact) mass is 340 g/mol. The first kappa shape index (κ1) is 16.6. The van der Waals surface area contributed by atoms with Crippen molar-refractivity contribution in [3.8, 4) is 5.75 Å². The number of aryl methyl sites for hydroxylation is 1. The highest BCUT2D eigenvalue weighted by atomic mass is 35.5. The molecule has 0 bridgehead atoms. The summed E-state index contributed by atoms with van der Waals surface area (Å²) >= 11 is 12.3. The molecule has 1 heterocycles. The molecule has 0 atom stereocenters. The molecule has 0 amide bonds. The van der Waals surface area contributed by atoms with Gasteiger partial charge in [-0.25, -0.2) is 4.98 Å². The Kier molecular flexibility index (Phi) is 5.32. The van der Waals surface area contributed by atoms with Crippen molar-refractivity contribution < 1.29 is 4.74 Å². The second-order valence-electron chi connectivity index (χ2n) is 5.12. The van der Waals surface area contributed by atoms with E-state index >= 15 is 0 Å². The molecule has 0 radical (unpaired) electrons. The lowest BCUT2D eigenvalue weighted by Crippen LogP contribution is -2.13. The first-order chi connectivity index (χ1) is 10.4. The highest BCUT2D eigenvalue weighted by Gasteiger charge is 2.11. The van der Waals surface area contributed by atoms with Gasteiger partial charge in [0.05, 0.1) is 22.8 Å². The van der Waals surface area contributed by atoms with Gasteiger partial charge in [-0.05, 0) is 26.8 Å². The third-order valence-electron chi connectivity index (χ3n) is 2.88. The minimum atomic E-state index is 0.245. The summed E-state index contributed by atoms with van der Waals surface area (Å²) in [7, 11) is 1.56. The summed E-state index contributed by atoms with van der Waals surface area (Å²) in [6.45, 7) is 5.97. The van der Waals surface area contributed by atoms with E-state index in [0.29, 0.717) is 33.2 Å². The molecular formula is C15H18Cl2N4O. The maximum atomic E-state index is 6.22. The molecule has 0 saturated carbocycles. The highest BCUT2D eigenvalue weighted by molar-refractivity contribution is 6.37. The zero-order chi connectivity index (χ0) is 16.3. The normalized spacial score (nSPS) is 10.7. The first-order valence-corrected chi connectivity index (χ1v) is 7.56. The van der Waals surface area contributed by atoms with Crippen LogP contribution in [-0.4, -0.2) is 23.1 Å². The van der Waals surface area contributed by atoms with Crippen LogP contribution in [0.3, 0.4) is 0 Å². The van der Waals surface area contributed by atoms with Crippen LogP contribution in [0.25, 0.3) is 0 Å². The van der Waals surface area contributed by atoms with Crippen LogP contribution in [0.15, 0.2) is 18.3 Å². The SMILES string of the molecule is COc1cc(Nc2nc(NC(C)C)ncc2C)c(Cl)cc1Cl. The second-order valence-corrected chi connectivity index (χ2v) is 5.93. The minimum absolute atomic E-state index is 0.245. The van der Waals surface area contributed by atoms with E-state index in [1.165, 1.54) is 0 Å². The van der Waals surface area contributed by atoms with Gasteiger partial charge in [0, 0.05) is 23.9 Å². The number of aromatic nitrogens is 2. The van der Waals surface area contributed by atoms with Crippen LogP contribution in [0.1, 0.15) is 19.4 Å². The van der Waals surface area contributed by atoms with Crippen LogP contribution in [0, 0.1) is 6.92 Å². The third-order valence-corrected chi connectivity index (χ3v) is 3.49. The Balaban J connectivity index is 2.34. The fourth-order valence-corrected chi connectivity index (χ4v) is 2.31. The van der Waals surface area contributed by atoms with E-state index in [0.717, 1.165) is 5.56 Å². The smallest absolute Gasteiger partial charge is 0.224 e. The molecule has 1 aromatic heterocycles. The number of halogens is 2. The summed E-state index contributed by atoms with van der Waals surface area (Å²) < 4.78 is 5.21. The number of anilines is 3. The van der Waals surface area contributed by atoms with Gasteiger partial charge in [-0.1, -0.05) is 23.2 Å². The molecular weight excluding hydrogens is 323 g/mol. The number of nitrogens with one attached hydrogen (secondary N) is 2. The van der Waals surface area contributed by atoms with Crippen molar-refractivity contribution in [2.45, 2.75) is 26.8 Å². The van der Waals surface area contributed by atoms with Crippen molar-refractivity contribution in [3.05, 3.63) is 33.9 Å². The average molecular weight is 341 g/mol. The Labute approximate surface area is 140 Å². The summed E-state index contributed by atoms with van der Waals surface area (Å²) in [5.41, 5.74) is 1.57. The maximum absolute atomic E-state index is 6.22. The van der Waals surface area contributed by atoms with Gasteiger partial charge in [-0.15, -0.1) is 0 Å². The molecule has 118 valence electrons. The van der Waals surface area contributed by atoms with Crippen molar-refractivity contribution >= 4 is 40.7 Å². The number of ether oxygens (including phenoxy) is 1. The lowest BCUT2D eigenvalue weighted by atomic mass is 10.2. The summed E-state index contributed by atoms with van der Waals surface area (Å²) in [5.74, 6) is 1.77. The molecule has 2 aromatic rings. The molecule has 0 aliphatic carbocycles. The fourth-order valence-electron chi connectivity index (χ4n) is 1.81. The van der Waals surface area contributed by atoms with Crippen LogP contribution in [-0.2, 0) is 0 Å². The summed E-state index contributed by atoms with van der Waals surface area (Å²) in [4.78, 5) is 8.71. The van der Waals surface area contributed by atoms with Crippen LogP contribution in [0.4, 0.5) is 17.5 Å². The Morgan fingerprint density at radius 1 is 1.18 bits per heavy atom. The van der Waals surface area contributed by atoms with E-state index in [1.807, 2.05) is 20.8 Å². The molecule has 0 aliphatic rings. The standard InChI is InChI=1S/C15H18Cl2N4O/c1-8(2)19-15-18-7-9(3)14(21-15)20-12-6-13(22-4)11(17)5-10(12)16/h5-8H,1-4H3,(H2,18,19,20,21). The number of hydrogen-bond acceptors (Lipinski definition) is 5. The molecule has 2 N–H and O–H groups in total. The second kappa shape index (κ2) is 7.03. The van der Waals surface area contributed by atoms with Crippen LogP contribution < -0.4 is 15.4 Å². The first-order valence-electron chi connectivity index (χ1n) is 6.81. The maximum Gasteiger partial charge on any atom is 0.224 e. The lowest BCUT2D eigenvalue weighted by Gasteiger charge is -2.14. The van der Waals surface area contributed by atoms with Crippen molar-refractivity contribution in [1.82, 2.24) is 9.97 Å². The van der Waals surface area contributed by atoms with Crippen LogP contribution in [0.2, 0.25) is 10.0 Å². The molecule has 2 rings (SSSR count). The van der Waals surface area contributed by atoms with Gasteiger partial charge in [-0.3, -0.25) is 0 Å². The third kappa shape index (κ3) is 3.93. The van der Waals surface area contributed by atoms with Crippen molar-refractivity contribution in [2.24, 2.45) is 0 Å². The fraction of sp³-hybridized carbons (Fsp3) is 0.333. The van der Waals surface area contributed by atoms with Crippen LogP contribution >= 0.6 is 23.2 Å². The molecule has 0 aliphatic heterocycles. The Morgan fingerprint density at radius 3 is 2.55 bits per heavy atom. The van der Waals surface area contributed by atoms with Crippen molar-refractivity contribution in [1.29, 1.82) is 0 Å². The van der Waals surface area contributed by atoms with Gasteiger partial charge in [0.1, 0.15) is 11.6 Å². The largest absolute Gasteiger partial charge is 0.495 e. The van der Waals surface area contributed by atoms with Crippen LogP contribution in [0.5, 0.6) is 5.75 Å². The number of nitrogens with zero attached hydrogens (tertiary/aromatic N) is 2. The average Bonchev–Trinajstić information content (AvgIpc) is 2.44. The molecule has 5 nitrogen and oxygen atoms in total. The molecule has 0 fully saturated rings. The number of methoxy groups -OCH3 is 1. The van der Waals surface area contributed by atoms with Gasteiger partial charge in [0.2, 0.25) is 5.95 Å². The number of hydrogen-bond donors (Lipinski definition) is 2.